The molecule has 0 aromatic rings. The van der Waals surface area contributed by atoms with Gasteiger partial charge < -0.3 is 4.74 Å². The Morgan fingerprint density at radius 3 is 2.25 bits per heavy atom. The van der Waals surface area contributed by atoms with Crippen molar-refractivity contribution in [3.8, 4) is 6.07 Å². The molecule has 1 atom stereocenters. The zero-order valence-corrected chi connectivity index (χ0v) is 5.56. The molecule has 0 aliphatic carbocycles. The molecule has 0 spiro atoms. The highest BCUT2D eigenvalue weighted by Crippen LogP contribution is 2.10. The summed E-state index contributed by atoms with van der Waals surface area (Å²) in [6, 6.07) is 2.06. The first-order chi connectivity index (χ1) is 3.68. The first-order valence-electron chi connectivity index (χ1n) is 2.65. The van der Waals surface area contributed by atoms with Gasteiger partial charge in [0.15, 0.2) is 5.60 Å². The van der Waals surface area contributed by atoms with E-state index in [-0.39, 0.29) is 0 Å². The summed E-state index contributed by atoms with van der Waals surface area (Å²) in [4.78, 5) is 0. The molecule has 0 aliphatic heterocycles. The lowest BCUT2D eigenvalue weighted by atomic mass is 10.1. The molecule has 0 aromatic heterocycles. The Bertz CT molecular complexity index is 99.6. The smallest absolute Gasteiger partial charge is 0.150 e. The second-order valence-corrected chi connectivity index (χ2v) is 1.90. The molecule has 0 saturated heterocycles. The SMILES string of the molecule is CC[C@](C)(C#N)OC. The van der Waals surface area contributed by atoms with Crippen LogP contribution in [0.15, 0.2) is 0 Å². The van der Waals surface area contributed by atoms with E-state index < -0.39 is 5.60 Å². The molecule has 0 unspecified atom stereocenters. The molecule has 8 heavy (non-hydrogen) atoms. The van der Waals surface area contributed by atoms with Crippen molar-refractivity contribution in [2.45, 2.75) is 25.9 Å². The highest BCUT2D eigenvalue weighted by Gasteiger charge is 2.18. The quantitative estimate of drug-likeness (QED) is 0.541. The van der Waals surface area contributed by atoms with Gasteiger partial charge in [0.2, 0.25) is 0 Å². The van der Waals surface area contributed by atoms with Crippen molar-refractivity contribution in [1.82, 2.24) is 0 Å². The Morgan fingerprint density at radius 2 is 2.25 bits per heavy atom. The molecule has 46 valence electrons. The third-order valence-electron chi connectivity index (χ3n) is 1.36. The molecule has 2 heteroatoms. The molecule has 0 rings (SSSR count). The predicted molar refractivity (Wildman–Crippen MR) is 31.3 cm³/mol. The van der Waals surface area contributed by atoms with E-state index in [9.17, 15) is 0 Å². The summed E-state index contributed by atoms with van der Waals surface area (Å²) in [5, 5.41) is 8.41. The first kappa shape index (κ1) is 7.45. The fourth-order valence-electron chi connectivity index (χ4n) is 0.269. The predicted octanol–water partition coefficient (Wildman–Crippen LogP) is 1.33. The van der Waals surface area contributed by atoms with Gasteiger partial charge in [0, 0.05) is 7.11 Å². The lowest BCUT2D eigenvalue weighted by Gasteiger charge is -2.15. The zero-order chi connectivity index (χ0) is 6.62. The molecule has 0 amide bonds. The maximum absolute atomic E-state index is 8.41. The Hall–Kier alpha value is -0.550. The largest absolute Gasteiger partial charge is 0.364 e. The highest BCUT2D eigenvalue weighted by molar-refractivity contribution is 4.96. The van der Waals surface area contributed by atoms with Crippen LogP contribution in [0.4, 0.5) is 0 Å². The van der Waals surface area contributed by atoms with Gasteiger partial charge in [-0.25, -0.2) is 0 Å². The van der Waals surface area contributed by atoms with Crippen molar-refractivity contribution >= 4 is 0 Å². The van der Waals surface area contributed by atoms with Crippen molar-refractivity contribution in [3.05, 3.63) is 0 Å². The molecule has 0 aliphatic rings. The van der Waals surface area contributed by atoms with Crippen molar-refractivity contribution in [2.75, 3.05) is 7.11 Å². The van der Waals surface area contributed by atoms with Crippen LogP contribution < -0.4 is 0 Å². The fourth-order valence-corrected chi connectivity index (χ4v) is 0.269. The molecule has 0 N–H and O–H groups in total. The van der Waals surface area contributed by atoms with E-state index in [4.69, 9.17) is 10.00 Å². The minimum absolute atomic E-state index is 0.569. The summed E-state index contributed by atoms with van der Waals surface area (Å²) in [5.41, 5.74) is -0.569. The van der Waals surface area contributed by atoms with Gasteiger partial charge in [0.25, 0.3) is 0 Å². The Morgan fingerprint density at radius 1 is 1.75 bits per heavy atom. The topological polar surface area (TPSA) is 33.0 Å². The summed E-state index contributed by atoms with van der Waals surface area (Å²) in [7, 11) is 1.55. The number of ether oxygens (including phenoxy) is 1. The lowest BCUT2D eigenvalue weighted by molar-refractivity contribution is 0.0524. The standard InChI is InChI=1S/C6H11NO/c1-4-6(2,5-7)8-3/h4H2,1-3H3/t6-/m1/s1. The molecule has 0 saturated carbocycles. The van der Waals surface area contributed by atoms with Crippen LogP contribution in [0.5, 0.6) is 0 Å². The third kappa shape index (κ3) is 1.51. The second kappa shape index (κ2) is 2.68. The molecule has 0 bridgehead atoms. The van der Waals surface area contributed by atoms with Gasteiger partial charge in [-0.1, -0.05) is 6.92 Å². The Balaban J connectivity index is 3.83. The van der Waals surface area contributed by atoms with E-state index in [0.29, 0.717) is 0 Å². The van der Waals surface area contributed by atoms with E-state index in [1.807, 2.05) is 6.92 Å². The summed E-state index contributed by atoms with van der Waals surface area (Å²) < 4.78 is 4.88. The van der Waals surface area contributed by atoms with Gasteiger partial charge in [-0.05, 0) is 13.3 Å². The number of hydrogen-bond donors (Lipinski definition) is 0. The zero-order valence-electron chi connectivity index (χ0n) is 5.56. The van der Waals surface area contributed by atoms with Gasteiger partial charge in [-0.3, -0.25) is 0 Å². The van der Waals surface area contributed by atoms with E-state index in [2.05, 4.69) is 6.07 Å². The van der Waals surface area contributed by atoms with E-state index in [1.54, 1.807) is 14.0 Å². The van der Waals surface area contributed by atoms with Gasteiger partial charge in [-0.15, -0.1) is 0 Å². The number of nitriles is 1. The van der Waals surface area contributed by atoms with Crippen molar-refractivity contribution in [3.63, 3.8) is 0 Å². The lowest BCUT2D eigenvalue weighted by Crippen LogP contribution is -2.22. The van der Waals surface area contributed by atoms with Crippen LogP contribution in [0.25, 0.3) is 0 Å². The van der Waals surface area contributed by atoms with Gasteiger partial charge >= 0.3 is 0 Å². The highest BCUT2D eigenvalue weighted by atomic mass is 16.5. The molecule has 0 heterocycles. The molecular formula is C6H11NO. The number of nitrogens with zero attached hydrogens (tertiary/aromatic N) is 1. The van der Waals surface area contributed by atoms with Crippen LogP contribution >= 0.6 is 0 Å². The summed E-state index contributed by atoms with van der Waals surface area (Å²) in [5.74, 6) is 0. The average molecular weight is 113 g/mol. The fraction of sp³-hybridized carbons (Fsp3) is 0.833. The van der Waals surface area contributed by atoms with Gasteiger partial charge in [0.05, 0.1) is 6.07 Å². The van der Waals surface area contributed by atoms with Crippen molar-refractivity contribution < 1.29 is 4.74 Å². The van der Waals surface area contributed by atoms with Crippen molar-refractivity contribution in [1.29, 1.82) is 5.26 Å². The summed E-state index contributed by atoms with van der Waals surface area (Å²) >= 11 is 0. The molecule has 0 aromatic carbocycles. The van der Waals surface area contributed by atoms with Crippen LogP contribution in [-0.2, 0) is 4.74 Å². The normalized spacial score (nSPS) is 16.8. The van der Waals surface area contributed by atoms with Crippen LogP contribution in [0.3, 0.4) is 0 Å². The molecule has 2 nitrogen and oxygen atoms in total. The van der Waals surface area contributed by atoms with Gasteiger partial charge in [0.1, 0.15) is 0 Å². The van der Waals surface area contributed by atoms with Crippen LogP contribution in [0.2, 0.25) is 0 Å². The average Bonchev–Trinajstić information content (AvgIpc) is 1.87. The summed E-state index contributed by atoms with van der Waals surface area (Å²) in [6.45, 7) is 3.69. The van der Waals surface area contributed by atoms with Crippen LogP contribution in [0.1, 0.15) is 20.3 Å². The monoisotopic (exact) mass is 113 g/mol. The van der Waals surface area contributed by atoms with Gasteiger partial charge in [-0.2, -0.15) is 5.26 Å². The number of hydrogen-bond acceptors (Lipinski definition) is 2. The van der Waals surface area contributed by atoms with E-state index in [0.717, 1.165) is 6.42 Å². The molecule has 0 fully saturated rings. The number of rotatable bonds is 2. The van der Waals surface area contributed by atoms with Crippen LogP contribution in [0, 0.1) is 11.3 Å². The molecule has 0 radical (unpaired) electrons. The second-order valence-electron chi connectivity index (χ2n) is 1.90. The minimum Gasteiger partial charge on any atom is -0.364 e. The molecular weight excluding hydrogens is 102 g/mol. The van der Waals surface area contributed by atoms with E-state index in [1.165, 1.54) is 0 Å². The maximum Gasteiger partial charge on any atom is 0.150 e. The van der Waals surface area contributed by atoms with E-state index >= 15 is 0 Å². The third-order valence-corrected chi connectivity index (χ3v) is 1.36. The Labute approximate surface area is 50.1 Å². The first-order valence-corrected chi connectivity index (χ1v) is 2.65. The summed E-state index contributed by atoms with van der Waals surface area (Å²) in [6.07, 6.45) is 0.736. The maximum atomic E-state index is 8.41. The minimum atomic E-state index is -0.569. The Kier molecular flexibility index (Phi) is 2.50. The van der Waals surface area contributed by atoms with Crippen molar-refractivity contribution in [2.24, 2.45) is 0 Å². The van der Waals surface area contributed by atoms with Crippen LogP contribution in [-0.4, -0.2) is 12.7 Å². The number of methoxy groups -OCH3 is 1.